The van der Waals surface area contributed by atoms with Crippen LogP contribution in [0.1, 0.15) is 31.2 Å². The van der Waals surface area contributed by atoms with Crippen LogP contribution in [-0.4, -0.2) is 22.1 Å². The standard InChI is InChI=1S/C18H18F3N3O2/c1-23-15-8-14(26-9-11-6-12(19)16(21)13(20)7-11)22-17(25)24(15)10-18(23)4-2-3-5-18/h6-8H,2-5,9-10H2,1H3. The normalized spacial score (nSPS) is 17.8. The van der Waals surface area contributed by atoms with Crippen molar-refractivity contribution in [3.8, 4) is 5.88 Å². The molecule has 8 heteroatoms. The van der Waals surface area contributed by atoms with Crippen LogP contribution in [0.3, 0.4) is 0 Å². The highest BCUT2D eigenvalue weighted by atomic mass is 19.2. The highest BCUT2D eigenvalue weighted by Gasteiger charge is 2.44. The minimum Gasteiger partial charge on any atom is -0.473 e. The first-order valence-electron chi connectivity index (χ1n) is 8.52. The van der Waals surface area contributed by atoms with Gasteiger partial charge in [0.25, 0.3) is 0 Å². The largest absolute Gasteiger partial charge is 0.473 e. The summed E-state index contributed by atoms with van der Waals surface area (Å²) in [6, 6.07) is 3.38. The van der Waals surface area contributed by atoms with Gasteiger partial charge in [-0.15, -0.1) is 0 Å². The van der Waals surface area contributed by atoms with Crippen molar-refractivity contribution in [3.63, 3.8) is 0 Å². The molecule has 1 aliphatic carbocycles. The van der Waals surface area contributed by atoms with E-state index >= 15 is 0 Å². The predicted octanol–water partition coefficient (Wildman–Crippen LogP) is 3.00. The first-order chi connectivity index (χ1) is 12.4. The van der Waals surface area contributed by atoms with E-state index in [-0.39, 0.29) is 23.6 Å². The lowest BCUT2D eigenvalue weighted by Gasteiger charge is -2.32. The molecule has 4 rings (SSSR count). The minimum absolute atomic E-state index is 0.0460. The number of aromatic nitrogens is 2. The maximum Gasteiger partial charge on any atom is 0.352 e. The highest BCUT2D eigenvalue weighted by Crippen LogP contribution is 2.43. The molecule has 0 unspecified atom stereocenters. The summed E-state index contributed by atoms with van der Waals surface area (Å²) in [7, 11) is 1.96. The molecule has 2 heterocycles. The van der Waals surface area contributed by atoms with E-state index in [1.165, 1.54) is 0 Å². The number of likely N-dealkylation sites (N-methyl/N-ethyl adjacent to an activating group) is 1. The van der Waals surface area contributed by atoms with E-state index in [4.69, 9.17) is 4.74 Å². The second kappa shape index (κ2) is 6.03. The van der Waals surface area contributed by atoms with Gasteiger partial charge in [-0.25, -0.2) is 18.0 Å². The van der Waals surface area contributed by atoms with E-state index in [9.17, 15) is 18.0 Å². The Balaban J connectivity index is 1.58. The lowest BCUT2D eigenvalue weighted by molar-refractivity contribution is 0.289. The fourth-order valence-corrected chi connectivity index (χ4v) is 3.99. The SMILES string of the molecule is CN1c2cc(OCc3cc(F)c(F)c(F)c3)nc(=O)n2CC12CCCC2. The van der Waals surface area contributed by atoms with Crippen molar-refractivity contribution in [2.45, 2.75) is 44.4 Å². The Morgan fingerprint density at radius 3 is 2.46 bits per heavy atom. The molecule has 1 saturated carbocycles. The number of nitrogens with zero attached hydrogens (tertiary/aromatic N) is 3. The van der Waals surface area contributed by atoms with E-state index in [2.05, 4.69) is 9.88 Å². The molecule has 0 radical (unpaired) electrons. The molecule has 2 aliphatic rings. The first-order valence-corrected chi connectivity index (χ1v) is 8.52. The topological polar surface area (TPSA) is 47.4 Å². The summed E-state index contributed by atoms with van der Waals surface area (Å²) in [4.78, 5) is 18.4. The third-order valence-corrected chi connectivity index (χ3v) is 5.44. The van der Waals surface area contributed by atoms with E-state index in [1.807, 2.05) is 7.05 Å². The van der Waals surface area contributed by atoms with Gasteiger partial charge in [-0.1, -0.05) is 12.8 Å². The smallest absolute Gasteiger partial charge is 0.352 e. The maximum absolute atomic E-state index is 13.3. The van der Waals surface area contributed by atoms with Crippen LogP contribution in [0.25, 0.3) is 0 Å². The number of halogens is 3. The van der Waals surface area contributed by atoms with Gasteiger partial charge in [0.05, 0.1) is 12.1 Å². The van der Waals surface area contributed by atoms with Gasteiger partial charge in [0.15, 0.2) is 17.5 Å². The highest BCUT2D eigenvalue weighted by molar-refractivity contribution is 5.49. The van der Waals surface area contributed by atoms with E-state index in [0.29, 0.717) is 6.54 Å². The molecule has 1 aromatic heterocycles. The van der Waals surface area contributed by atoms with Gasteiger partial charge in [0.1, 0.15) is 12.4 Å². The van der Waals surface area contributed by atoms with Crippen molar-refractivity contribution < 1.29 is 17.9 Å². The number of hydrogen-bond donors (Lipinski definition) is 0. The lowest BCUT2D eigenvalue weighted by atomic mass is 9.97. The predicted molar refractivity (Wildman–Crippen MR) is 88.7 cm³/mol. The minimum atomic E-state index is -1.52. The quantitative estimate of drug-likeness (QED) is 0.785. The fourth-order valence-electron chi connectivity index (χ4n) is 3.99. The van der Waals surface area contributed by atoms with Gasteiger partial charge in [-0.2, -0.15) is 4.98 Å². The molecular formula is C18H18F3N3O2. The van der Waals surface area contributed by atoms with Crippen molar-refractivity contribution in [2.75, 3.05) is 11.9 Å². The van der Waals surface area contributed by atoms with Crippen LogP contribution in [0.4, 0.5) is 19.0 Å². The zero-order chi connectivity index (χ0) is 18.5. The Morgan fingerprint density at radius 1 is 1.15 bits per heavy atom. The molecule has 0 N–H and O–H groups in total. The van der Waals surface area contributed by atoms with E-state index < -0.39 is 23.1 Å². The van der Waals surface area contributed by atoms with Crippen molar-refractivity contribution >= 4 is 5.82 Å². The summed E-state index contributed by atoms with van der Waals surface area (Å²) >= 11 is 0. The van der Waals surface area contributed by atoms with Gasteiger partial charge in [0.2, 0.25) is 5.88 Å². The Bertz CT molecular complexity index is 899. The number of benzene rings is 1. The van der Waals surface area contributed by atoms with Crippen molar-refractivity contribution in [1.82, 2.24) is 9.55 Å². The summed E-state index contributed by atoms with van der Waals surface area (Å²) in [6.07, 6.45) is 4.31. The van der Waals surface area contributed by atoms with Crippen LogP contribution < -0.4 is 15.3 Å². The number of fused-ring (bicyclic) bond motifs is 1. The second-order valence-electron chi connectivity index (χ2n) is 6.97. The lowest BCUT2D eigenvalue weighted by Crippen LogP contribution is -2.41. The Morgan fingerprint density at radius 2 is 1.81 bits per heavy atom. The van der Waals surface area contributed by atoms with Crippen LogP contribution in [0, 0.1) is 17.5 Å². The van der Waals surface area contributed by atoms with E-state index in [0.717, 1.165) is 43.6 Å². The molecule has 1 fully saturated rings. The molecule has 2 aromatic rings. The third kappa shape index (κ3) is 2.64. The van der Waals surface area contributed by atoms with Crippen LogP contribution in [0.5, 0.6) is 5.88 Å². The van der Waals surface area contributed by atoms with E-state index in [1.54, 1.807) is 10.6 Å². The van der Waals surface area contributed by atoms with Gasteiger partial charge in [-0.3, -0.25) is 4.57 Å². The molecule has 0 atom stereocenters. The average Bonchev–Trinajstić information content (AvgIpc) is 3.18. The third-order valence-electron chi connectivity index (χ3n) is 5.44. The molecule has 0 bridgehead atoms. The number of ether oxygens (including phenoxy) is 1. The summed E-state index contributed by atoms with van der Waals surface area (Å²) < 4.78 is 46.7. The molecule has 0 amide bonds. The first kappa shape index (κ1) is 16.9. The summed E-state index contributed by atoms with van der Waals surface area (Å²) in [5, 5.41) is 0. The Kier molecular flexibility index (Phi) is 3.93. The summed E-state index contributed by atoms with van der Waals surface area (Å²) in [6.45, 7) is 0.387. The molecule has 5 nitrogen and oxygen atoms in total. The summed E-state index contributed by atoms with van der Waals surface area (Å²) in [5.74, 6) is -3.29. The fraction of sp³-hybridized carbons (Fsp3) is 0.444. The van der Waals surface area contributed by atoms with Crippen molar-refractivity contribution in [1.29, 1.82) is 0 Å². The van der Waals surface area contributed by atoms with Crippen LogP contribution in [-0.2, 0) is 13.2 Å². The number of hydrogen-bond acceptors (Lipinski definition) is 4. The molecule has 1 aliphatic heterocycles. The molecule has 0 saturated heterocycles. The number of anilines is 1. The summed E-state index contributed by atoms with van der Waals surface area (Å²) in [5.41, 5.74) is -0.343. The van der Waals surface area contributed by atoms with Crippen molar-refractivity contribution in [2.24, 2.45) is 0 Å². The Labute approximate surface area is 148 Å². The van der Waals surface area contributed by atoms with Crippen molar-refractivity contribution in [3.05, 3.63) is 51.7 Å². The van der Waals surface area contributed by atoms with Gasteiger partial charge < -0.3 is 9.64 Å². The number of rotatable bonds is 3. The van der Waals surface area contributed by atoms with Crippen LogP contribution in [0.2, 0.25) is 0 Å². The van der Waals surface area contributed by atoms with Gasteiger partial charge >= 0.3 is 5.69 Å². The maximum atomic E-state index is 13.3. The average molecular weight is 365 g/mol. The van der Waals surface area contributed by atoms with Gasteiger partial charge in [-0.05, 0) is 30.5 Å². The van der Waals surface area contributed by atoms with Gasteiger partial charge in [0, 0.05) is 13.1 Å². The second-order valence-corrected chi connectivity index (χ2v) is 6.97. The molecular weight excluding hydrogens is 347 g/mol. The Hall–Kier alpha value is -2.51. The zero-order valence-corrected chi connectivity index (χ0v) is 14.3. The van der Waals surface area contributed by atoms with Crippen LogP contribution in [0.15, 0.2) is 23.0 Å². The molecule has 26 heavy (non-hydrogen) atoms. The molecule has 1 spiro atoms. The molecule has 138 valence electrons. The van der Waals surface area contributed by atoms with Crippen LogP contribution >= 0.6 is 0 Å². The monoisotopic (exact) mass is 365 g/mol. The zero-order valence-electron chi connectivity index (χ0n) is 14.3. The molecule has 1 aromatic carbocycles.